The van der Waals surface area contributed by atoms with Gasteiger partial charge < -0.3 is 4.74 Å². The minimum atomic E-state index is -1.23. The van der Waals surface area contributed by atoms with Crippen molar-refractivity contribution in [2.45, 2.75) is 40.5 Å². The Labute approximate surface area is 150 Å². The second-order valence-corrected chi connectivity index (χ2v) is 7.03. The van der Waals surface area contributed by atoms with E-state index in [1.54, 1.807) is 0 Å². The lowest BCUT2D eigenvalue weighted by atomic mass is 9.77. The Kier molecular flexibility index (Phi) is 5.64. The summed E-state index contributed by atoms with van der Waals surface area (Å²) in [4.78, 5) is 12.6. The van der Waals surface area contributed by atoms with Crippen molar-refractivity contribution in [2.24, 2.45) is 5.41 Å². The zero-order chi connectivity index (χ0) is 18.6. The fraction of sp³-hybridized carbons (Fsp3) is 0.364. The molecule has 25 heavy (non-hydrogen) atoms. The van der Waals surface area contributed by atoms with Crippen molar-refractivity contribution >= 4 is 5.97 Å². The normalized spacial score (nSPS) is 11.0. The monoisotopic (exact) mass is 335 g/mol. The van der Waals surface area contributed by atoms with Gasteiger partial charge in [-0.3, -0.25) is 4.79 Å². The zero-order valence-corrected chi connectivity index (χ0v) is 15.6. The third-order valence-electron chi connectivity index (χ3n) is 4.36. The number of hydrogen-bond acceptors (Lipinski definition) is 3. The van der Waals surface area contributed by atoms with Crippen molar-refractivity contribution in [1.29, 1.82) is 5.26 Å². The van der Waals surface area contributed by atoms with Crippen molar-refractivity contribution in [2.75, 3.05) is 7.11 Å². The molecule has 0 spiro atoms. The standard InChI is InChI=1S/C22H25NO2/c1-15-6-16(2)9-19(8-15)12-22(14-23,21(24)25-5)13-20-10-17(3)7-18(4)11-20/h6-11H,12-13H2,1-5H3. The second-order valence-electron chi connectivity index (χ2n) is 7.03. The molecule has 2 rings (SSSR count). The number of carbonyl (C=O) groups excluding carboxylic acids is 1. The Morgan fingerprint density at radius 3 is 1.52 bits per heavy atom. The van der Waals surface area contributed by atoms with Crippen LogP contribution in [-0.4, -0.2) is 13.1 Å². The van der Waals surface area contributed by atoms with Crippen molar-refractivity contribution in [3.63, 3.8) is 0 Å². The van der Waals surface area contributed by atoms with Crippen LogP contribution in [0.3, 0.4) is 0 Å². The van der Waals surface area contributed by atoms with E-state index in [1.807, 2.05) is 52.0 Å². The molecule has 0 aliphatic heterocycles. The number of nitrogens with zero attached hydrogens (tertiary/aromatic N) is 1. The van der Waals surface area contributed by atoms with E-state index in [1.165, 1.54) is 7.11 Å². The third kappa shape index (κ3) is 4.48. The van der Waals surface area contributed by atoms with Crippen LogP contribution in [0.4, 0.5) is 0 Å². The number of ether oxygens (including phenoxy) is 1. The van der Waals surface area contributed by atoms with Gasteiger partial charge in [-0.2, -0.15) is 5.26 Å². The Hall–Kier alpha value is -2.60. The number of methoxy groups -OCH3 is 1. The Morgan fingerprint density at radius 2 is 1.24 bits per heavy atom. The quantitative estimate of drug-likeness (QED) is 0.762. The summed E-state index contributed by atoms with van der Waals surface area (Å²) in [5.41, 5.74) is 5.23. The molecule has 0 fully saturated rings. The summed E-state index contributed by atoms with van der Waals surface area (Å²) in [6.45, 7) is 8.08. The Bertz CT molecular complexity index is 736. The molecule has 0 saturated heterocycles. The first kappa shape index (κ1) is 18.7. The largest absolute Gasteiger partial charge is 0.468 e. The lowest BCUT2D eigenvalue weighted by Gasteiger charge is -2.25. The number of aryl methyl sites for hydroxylation is 4. The molecule has 0 amide bonds. The van der Waals surface area contributed by atoms with Gasteiger partial charge in [0.2, 0.25) is 0 Å². The van der Waals surface area contributed by atoms with Crippen LogP contribution in [0.1, 0.15) is 33.4 Å². The van der Waals surface area contributed by atoms with Crippen molar-refractivity contribution in [3.8, 4) is 6.07 Å². The number of esters is 1. The van der Waals surface area contributed by atoms with Gasteiger partial charge in [0.25, 0.3) is 0 Å². The van der Waals surface area contributed by atoms with Gasteiger partial charge in [-0.15, -0.1) is 0 Å². The van der Waals surface area contributed by atoms with E-state index < -0.39 is 11.4 Å². The predicted octanol–water partition coefficient (Wildman–Crippen LogP) is 4.39. The first-order chi connectivity index (χ1) is 11.8. The summed E-state index contributed by atoms with van der Waals surface area (Å²) in [5.74, 6) is -0.478. The van der Waals surface area contributed by atoms with Crippen LogP contribution in [0.25, 0.3) is 0 Å². The van der Waals surface area contributed by atoms with Gasteiger partial charge in [0.1, 0.15) is 0 Å². The molecule has 3 heteroatoms. The lowest BCUT2D eigenvalue weighted by molar-refractivity contribution is -0.149. The number of nitriles is 1. The van der Waals surface area contributed by atoms with E-state index in [9.17, 15) is 10.1 Å². The summed E-state index contributed by atoms with van der Waals surface area (Å²) >= 11 is 0. The molecule has 0 aliphatic carbocycles. The smallest absolute Gasteiger partial charge is 0.326 e. The lowest BCUT2D eigenvalue weighted by Crippen LogP contribution is -2.35. The molecule has 0 bridgehead atoms. The van der Waals surface area contributed by atoms with E-state index in [-0.39, 0.29) is 0 Å². The average Bonchev–Trinajstić information content (AvgIpc) is 2.51. The molecule has 3 nitrogen and oxygen atoms in total. The maximum absolute atomic E-state index is 12.6. The van der Waals surface area contributed by atoms with Gasteiger partial charge in [-0.25, -0.2) is 0 Å². The molecule has 0 N–H and O–H groups in total. The maximum Gasteiger partial charge on any atom is 0.326 e. The fourth-order valence-electron chi connectivity index (χ4n) is 3.57. The minimum absolute atomic E-state index is 0.339. The van der Waals surface area contributed by atoms with Crippen molar-refractivity contribution < 1.29 is 9.53 Å². The topological polar surface area (TPSA) is 50.1 Å². The van der Waals surface area contributed by atoms with Crippen molar-refractivity contribution in [1.82, 2.24) is 0 Å². The highest BCUT2D eigenvalue weighted by Gasteiger charge is 2.40. The summed E-state index contributed by atoms with van der Waals surface area (Å²) in [6.07, 6.45) is 0.678. The van der Waals surface area contributed by atoms with Gasteiger partial charge in [-0.1, -0.05) is 58.7 Å². The first-order valence-corrected chi connectivity index (χ1v) is 8.42. The third-order valence-corrected chi connectivity index (χ3v) is 4.36. The first-order valence-electron chi connectivity index (χ1n) is 8.42. The van der Waals surface area contributed by atoms with E-state index in [0.717, 1.165) is 33.4 Å². The molecule has 0 atom stereocenters. The Morgan fingerprint density at radius 1 is 0.880 bits per heavy atom. The van der Waals surface area contributed by atoms with Gasteiger partial charge in [0.15, 0.2) is 5.41 Å². The van der Waals surface area contributed by atoms with Gasteiger partial charge >= 0.3 is 5.97 Å². The highest BCUT2D eigenvalue weighted by molar-refractivity contribution is 5.81. The number of carbonyl (C=O) groups is 1. The molecule has 0 unspecified atom stereocenters. The minimum Gasteiger partial charge on any atom is -0.468 e. The van der Waals surface area contributed by atoms with Crippen LogP contribution in [0.2, 0.25) is 0 Å². The molecule has 0 heterocycles. The number of hydrogen-bond donors (Lipinski definition) is 0. The Balaban J connectivity index is 2.46. The molecule has 0 radical (unpaired) electrons. The van der Waals surface area contributed by atoms with Crippen LogP contribution in [-0.2, 0) is 22.4 Å². The summed E-state index contributed by atoms with van der Waals surface area (Å²) < 4.78 is 5.01. The molecule has 130 valence electrons. The number of benzene rings is 2. The molecule has 0 aromatic heterocycles. The predicted molar refractivity (Wildman–Crippen MR) is 99.3 cm³/mol. The van der Waals surface area contributed by atoms with Gasteiger partial charge in [0, 0.05) is 12.8 Å². The maximum atomic E-state index is 12.6. The summed E-state index contributed by atoms with van der Waals surface area (Å²) in [6, 6.07) is 14.6. The molecular weight excluding hydrogens is 310 g/mol. The number of rotatable bonds is 5. The second kappa shape index (κ2) is 7.53. The molecule has 0 aliphatic rings. The van der Waals surface area contributed by atoms with E-state index in [2.05, 4.69) is 18.2 Å². The van der Waals surface area contributed by atoms with Crippen LogP contribution in [0.15, 0.2) is 36.4 Å². The highest BCUT2D eigenvalue weighted by atomic mass is 16.5. The van der Waals surface area contributed by atoms with E-state index in [0.29, 0.717) is 12.8 Å². The average molecular weight is 335 g/mol. The summed E-state index contributed by atoms with van der Waals surface area (Å²) in [7, 11) is 1.34. The van der Waals surface area contributed by atoms with E-state index >= 15 is 0 Å². The van der Waals surface area contributed by atoms with Crippen molar-refractivity contribution in [3.05, 3.63) is 69.8 Å². The SMILES string of the molecule is COC(=O)C(C#N)(Cc1cc(C)cc(C)c1)Cc1cc(C)cc(C)c1. The van der Waals surface area contributed by atoms with Gasteiger partial charge in [0.05, 0.1) is 13.2 Å². The van der Waals surface area contributed by atoms with Crippen LogP contribution >= 0.6 is 0 Å². The molecule has 0 saturated carbocycles. The van der Waals surface area contributed by atoms with Crippen LogP contribution in [0.5, 0.6) is 0 Å². The van der Waals surface area contributed by atoms with Gasteiger partial charge in [-0.05, 0) is 38.8 Å². The molecular formula is C22H25NO2. The summed E-state index contributed by atoms with van der Waals surface area (Å²) in [5, 5.41) is 9.93. The molecule has 2 aromatic rings. The molecule has 2 aromatic carbocycles. The fourth-order valence-corrected chi connectivity index (χ4v) is 3.57. The van der Waals surface area contributed by atoms with Crippen LogP contribution in [0, 0.1) is 44.4 Å². The van der Waals surface area contributed by atoms with Crippen LogP contribution < -0.4 is 0 Å². The highest BCUT2D eigenvalue weighted by Crippen LogP contribution is 2.30. The zero-order valence-electron chi connectivity index (χ0n) is 15.6. The van der Waals surface area contributed by atoms with E-state index in [4.69, 9.17) is 4.74 Å².